The summed E-state index contributed by atoms with van der Waals surface area (Å²) in [5.41, 5.74) is 1.09. The van der Waals surface area contributed by atoms with Gasteiger partial charge in [-0.2, -0.15) is 0 Å². The van der Waals surface area contributed by atoms with Gasteiger partial charge in [-0.1, -0.05) is 37.3 Å². The van der Waals surface area contributed by atoms with E-state index in [0.717, 1.165) is 6.54 Å². The predicted molar refractivity (Wildman–Crippen MR) is 89.8 cm³/mol. The minimum Gasteiger partial charge on any atom is -0.235 e. The molecule has 0 saturated heterocycles. The van der Waals surface area contributed by atoms with Gasteiger partial charge < -0.3 is 0 Å². The normalized spacial score (nSPS) is 15.1. The number of rotatable bonds is 5. The van der Waals surface area contributed by atoms with E-state index in [2.05, 4.69) is 44.8 Å². The standard InChI is InChI=1S/C16H22N2OS2/c1-13(14-8-6-5-7-9-14)12-18(16(2,3)4)21(19)15-17-10-11-20-15/h5-11,13H,12H2,1-4H3. The van der Waals surface area contributed by atoms with Crippen LogP contribution in [0, 0.1) is 0 Å². The second-order valence-corrected chi connectivity index (χ2v) is 8.57. The van der Waals surface area contributed by atoms with Crippen LogP contribution >= 0.6 is 11.3 Å². The molecule has 1 heterocycles. The molecule has 1 aromatic heterocycles. The van der Waals surface area contributed by atoms with Crippen molar-refractivity contribution in [3.8, 4) is 0 Å². The Kier molecular flexibility index (Phi) is 5.30. The van der Waals surface area contributed by atoms with Crippen molar-refractivity contribution in [2.24, 2.45) is 0 Å². The summed E-state index contributed by atoms with van der Waals surface area (Å²) in [6, 6.07) is 10.4. The van der Waals surface area contributed by atoms with Gasteiger partial charge in [0.25, 0.3) is 0 Å². The zero-order valence-electron chi connectivity index (χ0n) is 12.9. The fourth-order valence-electron chi connectivity index (χ4n) is 2.12. The molecule has 0 spiro atoms. The zero-order valence-corrected chi connectivity index (χ0v) is 14.6. The minimum atomic E-state index is -1.21. The van der Waals surface area contributed by atoms with E-state index in [1.165, 1.54) is 16.9 Å². The largest absolute Gasteiger partial charge is 0.235 e. The van der Waals surface area contributed by atoms with Crippen molar-refractivity contribution in [3.05, 3.63) is 47.5 Å². The van der Waals surface area contributed by atoms with Crippen LogP contribution in [0.4, 0.5) is 0 Å². The first-order chi connectivity index (χ1) is 9.89. The molecular formula is C16H22N2OS2. The van der Waals surface area contributed by atoms with Gasteiger partial charge in [0.05, 0.1) is 0 Å². The van der Waals surface area contributed by atoms with Crippen molar-refractivity contribution in [1.82, 2.24) is 9.29 Å². The highest BCUT2D eigenvalue weighted by Crippen LogP contribution is 2.26. The summed E-state index contributed by atoms with van der Waals surface area (Å²) in [4.78, 5) is 4.21. The summed E-state index contributed by atoms with van der Waals surface area (Å²) in [7, 11) is -1.21. The van der Waals surface area contributed by atoms with Crippen LogP contribution in [0.3, 0.4) is 0 Å². The number of hydrogen-bond acceptors (Lipinski definition) is 3. The van der Waals surface area contributed by atoms with Crippen LogP contribution in [0.2, 0.25) is 0 Å². The predicted octanol–water partition coefficient (Wildman–Crippen LogP) is 4.07. The van der Waals surface area contributed by atoms with Gasteiger partial charge in [0.2, 0.25) is 0 Å². The van der Waals surface area contributed by atoms with Crippen molar-refractivity contribution in [2.45, 2.75) is 43.5 Å². The first-order valence-corrected chi connectivity index (χ1v) is 9.02. The van der Waals surface area contributed by atoms with Gasteiger partial charge in [-0.15, -0.1) is 11.3 Å². The minimum absolute atomic E-state index is 0.181. The molecule has 2 rings (SSSR count). The Balaban J connectivity index is 2.20. The number of hydrogen-bond donors (Lipinski definition) is 0. The van der Waals surface area contributed by atoms with Crippen LogP contribution in [0.1, 0.15) is 39.2 Å². The Morgan fingerprint density at radius 2 is 1.95 bits per heavy atom. The topological polar surface area (TPSA) is 33.2 Å². The monoisotopic (exact) mass is 322 g/mol. The molecule has 0 aliphatic heterocycles. The molecular weight excluding hydrogens is 300 g/mol. The zero-order chi connectivity index (χ0) is 15.5. The van der Waals surface area contributed by atoms with E-state index in [1.54, 1.807) is 6.20 Å². The third-order valence-corrected chi connectivity index (χ3v) is 6.10. The molecule has 0 saturated carbocycles. The van der Waals surface area contributed by atoms with Gasteiger partial charge >= 0.3 is 0 Å². The highest BCUT2D eigenvalue weighted by atomic mass is 32.2. The molecule has 1 aromatic carbocycles. The Labute approximate surface area is 133 Å². The third kappa shape index (κ3) is 4.22. The fraction of sp³-hybridized carbons (Fsp3) is 0.438. The lowest BCUT2D eigenvalue weighted by Gasteiger charge is -2.35. The number of benzene rings is 1. The quantitative estimate of drug-likeness (QED) is 0.831. The second-order valence-electron chi connectivity index (χ2n) is 6.09. The first-order valence-electron chi connectivity index (χ1n) is 7.03. The summed E-state index contributed by atoms with van der Waals surface area (Å²) >= 11 is 1.45. The molecule has 2 atom stereocenters. The SMILES string of the molecule is CC(CN(S(=O)c1nccs1)C(C)(C)C)c1ccccc1. The van der Waals surface area contributed by atoms with Crippen molar-refractivity contribution in [1.29, 1.82) is 0 Å². The molecule has 0 amide bonds. The fourth-order valence-corrected chi connectivity index (χ4v) is 4.44. The van der Waals surface area contributed by atoms with Crippen LogP contribution in [0.5, 0.6) is 0 Å². The molecule has 0 radical (unpaired) electrons. The summed E-state index contributed by atoms with van der Waals surface area (Å²) in [6.07, 6.45) is 1.71. The highest BCUT2D eigenvalue weighted by Gasteiger charge is 2.30. The molecule has 0 aliphatic carbocycles. The number of thiazole rings is 1. The maximum atomic E-state index is 12.8. The van der Waals surface area contributed by atoms with Crippen LogP contribution < -0.4 is 0 Å². The van der Waals surface area contributed by atoms with Crippen molar-refractivity contribution in [2.75, 3.05) is 6.54 Å². The van der Waals surface area contributed by atoms with Gasteiger partial charge in [0.1, 0.15) is 0 Å². The lowest BCUT2D eigenvalue weighted by atomic mass is 9.99. The van der Waals surface area contributed by atoms with E-state index < -0.39 is 11.0 Å². The van der Waals surface area contributed by atoms with Gasteiger partial charge in [-0.3, -0.25) is 0 Å². The summed E-state index contributed by atoms with van der Waals surface area (Å²) in [5, 5.41) is 1.87. The molecule has 2 aromatic rings. The average Bonchev–Trinajstić information content (AvgIpc) is 2.97. The molecule has 0 bridgehead atoms. The van der Waals surface area contributed by atoms with Crippen LogP contribution in [-0.2, 0) is 11.0 Å². The summed E-state index contributed by atoms with van der Waals surface area (Å²) in [5.74, 6) is 0.314. The molecule has 2 unspecified atom stereocenters. The van der Waals surface area contributed by atoms with E-state index in [0.29, 0.717) is 10.3 Å². The molecule has 21 heavy (non-hydrogen) atoms. The molecule has 0 N–H and O–H groups in total. The lowest BCUT2D eigenvalue weighted by Crippen LogP contribution is -2.44. The maximum absolute atomic E-state index is 12.8. The smallest absolute Gasteiger partial charge is 0.196 e. The molecule has 3 nitrogen and oxygen atoms in total. The second kappa shape index (κ2) is 6.81. The third-order valence-electron chi connectivity index (χ3n) is 3.32. The van der Waals surface area contributed by atoms with Crippen molar-refractivity contribution < 1.29 is 4.21 Å². The van der Waals surface area contributed by atoms with Gasteiger partial charge in [-0.05, 0) is 32.3 Å². The van der Waals surface area contributed by atoms with Gasteiger partial charge in [0, 0.05) is 23.7 Å². The highest BCUT2D eigenvalue weighted by molar-refractivity contribution is 7.84. The Morgan fingerprint density at radius 1 is 1.29 bits per heavy atom. The van der Waals surface area contributed by atoms with Gasteiger partial charge in [0.15, 0.2) is 15.3 Å². The van der Waals surface area contributed by atoms with E-state index in [-0.39, 0.29) is 5.54 Å². The Hall–Kier alpha value is -1.04. The molecule has 5 heteroatoms. The summed E-state index contributed by atoms with van der Waals surface area (Å²) < 4.78 is 15.5. The first kappa shape index (κ1) is 16.3. The van der Waals surface area contributed by atoms with E-state index in [9.17, 15) is 4.21 Å². The van der Waals surface area contributed by atoms with E-state index in [1.807, 2.05) is 27.9 Å². The van der Waals surface area contributed by atoms with E-state index >= 15 is 0 Å². The van der Waals surface area contributed by atoms with Crippen LogP contribution in [0.25, 0.3) is 0 Å². The summed E-state index contributed by atoms with van der Waals surface area (Å²) in [6.45, 7) is 9.19. The molecule has 114 valence electrons. The number of nitrogens with zero attached hydrogens (tertiary/aromatic N) is 2. The lowest BCUT2D eigenvalue weighted by molar-refractivity contribution is 0.252. The van der Waals surface area contributed by atoms with Gasteiger partial charge in [-0.25, -0.2) is 13.5 Å². The number of aromatic nitrogens is 1. The van der Waals surface area contributed by atoms with Crippen molar-refractivity contribution in [3.63, 3.8) is 0 Å². The maximum Gasteiger partial charge on any atom is 0.196 e. The van der Waals surface area contributed by atoms with Crippen LogP contribution in [0.15, 0.2) is 46.2 Å². The molecule has 0 fully saturated rings. The molecule has 0 aliphatic rings. The Morgan fingerprint density at radius 3 is 2.48 bits per heavy atom. The van der Waals surface area contributed by atoms with E-state index in [4.69, 9.17) is 0 Å². The van der Waals surface area contributed by atoms with Crippen LogP contribution in [-0.4, -0.2) is 25.6 Å². The van der Waals surface area contributed by atoms with Crippen molar-refractivity contribution >= 4 is 22.3 Å². The average molecular weight is 322 g/mol. The Bertz CT molecular complexity index is 576.